The van der Waals surface area contributed by atoms with Gasteiger partial charge < -0.3 is 9.73 Å². The first-order chi connectivity index (χ1) is 7.24. The van der Waals surface area contributed by atoms with Gasteiger partial charge in [-0.05, 0) is 37.3 Å². The molecular weight excluding hydrogens is 193 g/mol. The van der Waals surface area contributed by atoms with Crippen molar-refractivity contribution in [1.82, 2.24) is 0 Å². The first-order valence-corrected chi connectivity index (χ1v) is 4.79. The van der Waals surface area contributed by atoms with Crippen molar-refractivity contribution in [3.63, 3.8) is 0 Å². The molecule has 1 aromatic heterocycles. The number of hydrogen-bond acceptors (Lipinski definition) is 2. The van der Waals surface area contributed by atoms with Gasteiger partial charge in [0.25, 0.3) is 0 Å². The number of aryl methyl sites for hydroxylation is 1. The average molecular weight is 205 g/mol. The molecule has 0 spiro atoms. The summed E-state index contributed by atoms with van der Waals surface area (Å²) in [5, 5.41) is 3.08. The van der Waals surface area contributed by atoms with E-state index in [2.05, 4.69) is 5.32 Å². The molecule has 3 heteroatoms. The van der Waals surface area contributed by atoms with E-state index in [4.69, 9.17) is 4.42 Å². The topological polar surface area (TPSA) is 25.2 Å². The van der Waals surface area contributed by atoms with Crippen molar-refractivity contribution in [3.05, 3.63) is 53.7 Å². The summed E-state index contributed by atoms with van der Waals surface area (Å²) in [6, 6.07) is 10.2. The minimum Gasteiger partial charge on any atom is -0.465 e. The van der Waals surface area contributed by atoms with Crippen LogP contribution in [0.4, 0.5) is 10.1 Å². The van der Waals surface area contributed by atoms with Gasteiger partial charge in [0.05, 0.1) is 6.54 Å². The summed E-state index contributed by atoms with van der Waals surface area (Å²) in [5.74, 6) is 1.48. The van der Waals surface area contributed by atoms with Crippen LogP contribution >= 0.6 is 0 Å². The van der Waals surface area contributed by atoms with E-state index >= 15 is 0 Å². The van der Waals surface area contributed by atoms with E-state index in [1.807, 2.05) is 25.1 Å². The fourth-order valence-corrected chi connectivity index (χ4v) is 1.37. The lowest BCUT2D eigenvalue weighted by Crippen LogP contribution is -1.97. The molecule has 0 fully saturated rings. The maximum absolute atomic E-state index is 12.8. The summed E-state index contributed by atoms with van der Waals surface area (Å²) >= 11 is 0. The second-order valence-electron chi connectivity index (χ2n) is 3.38. The van der Waals surface area contributed by atoms with Gasteiger partial charge in [-0.3, -0.25) is 0 Å². The van der Waals surface area contributed by atoms with E-state index < -0.39 is 0 Å². The largest absolute Gasteiger partial charge is 0.465 e. The van der Waals surface area contributed by atoms with Crippen LogP contribution in [0.3, 0.4) is 0 Å². The molecule has 2 rings (SSSR count). The van der Waals surface area contributed by atoms with Crippen LogP contribution in [-0.2, 0) is 6.54 Å². The molecule has 0 saturated heterocycles. The summed E-state index contributed by atoms with van der Waals surface area (Å²) < 4.78 is 18.2. The van der Waals surface area contributed by atoms with Crippen molar-refractivity contribution in [2.75, 3.05) is 5.32 Å². The third kappa shape index (κ3) is 2.59. The highest BCUT2D eigenvalue weighted by molar-refractivity contribution is 5.43. The Bertz CT molecular complexity index is 450. The Balaban J connectivity index is 1.99. The minimum atomic E-state index is -0.240. The number of halogens is 1. The molecule has 78 valence electrons. The van der Waals surface area contributed by atoms with Gasteiger partial charge in [0, 0.05) is 5.69 Å². The van der Waals surface area contributed by atoms with Crippen LogP contribution in [-0.4, -0.2) is 0 Å². The quantitative estimate of drug-likeness (QED) is 0.831. The van der Waals surface area contributed by atoms with E-state index in [0.29, 0.717) is 6.54 Å². The van der Waals surface area contributed by atoms with Crippen molar-refractivity contribution in [2.24, 2.45) is 0 Å². The van der Waals surface area contributed by atoms with Crippen LogP contribution in [0.15, 0.2) is 40.8 Å². The fourth-order valence-electron chi connectivity index (χ4n) is 1.37. The summed E-state index contributed by atoms with van der Waals surface area (Å²) in [4.78, 5) is 0. The van der Waals surface area contributed by atoms with Gasteiger partial charge in [0.1, 0.15) is 17.3 Å². The highest BCUT2D eigenvalue weighted by Gasteiger charge is 1.98. The second kappa shape index (κ2) is 4.17. The Kier molecular flexibility index (Phi) is 2.72. The molecule has 2 nitrogen and oxygen atoms in total. The van der Waals surface area contributed by atoms with E-state index in [-0.39, 0.29) is 5.82 Å². The molecule has 0 saturated carbocycles. The number of rotatable bonds is 3. The summed E-state index contributed by atoms with van der Waals surface area (Å²) in [6.07, 6.45) is 0. The van der Waals surface area contributed by atoms with Crippen LogP contribution in [0, 0.1) is 12.7 Å². The Morgan fingerprint density at radius 2 is 2.13 bits per heavy atom. The maximum Gasteiger partial charge on any atom is 0.125 e. The number of benzene rings is 1. The predicted molar refractivity (Wildman–Crippen MR) is 57.2 cm³/mol. The van der Waals surface area contributed by atoms with Crippen molar-refractivity contribution in [2.45, 2.75) is 13.5 Å². The molecular formula is C12H12FNO. The lowest BCUT2D eigenvalue weighted by molar-refractivity contribution is 0.490. The molecule has 0 bridgehead atoms. The predicted octanol–water partition coefficient (Wildman–Crippen LogP) is 3.34. The van der Waals surface area contributed by atoms with Gasteiger partial charge in [-0.25, -0.2) is 4.39 Å². The molecule has 1 heterocycles. The molecule has 2 aromatic rings. The van der Waals surface area contributed by atoms with Gasteiger partial charge >= 0.3 is 0 Å². The fraction of sp³-hybridized carbons (Fsp3) is 0.167. The number of nitrogens with one attached hydrogen (secondary N) is 1. The smallest absolute Gasteiger partial charge is 0.125 e. The molecule has 1 N–H and O–H groups in total. The SMILES string of the molecule is Cc1ccc(CNc2cccc(F)c2)o1. The molecule has 0 atom stereocenters. The summed E-state index contributed by atoms with van der Waals surface area (Å²) in [7, 11) is 0. The molecule has 0 aliphatic heterocycles. The van der Waals surface area contributed by atoms with Crippen molar-refractivity contribution < 1.29 is 8.81 Å². The van der Waals surface area contributed by atoms with E-state index in [0.717, 1.165) is 17.2 Å². The third-order valence-corrected chi connectivity index (χ3v) is 2.09. The third-order valence-electron chi connectivity index (χ3n) is 2.09. The number of furan rings is 1. The lowest BCUT2D eigenvalue weighted by atomic mass is 10.3. The van der Waals surface area contributed by atoms with Crippen LogP contribution in [0.1, 0.15) is 11.5 Å². The van der Waals surface area contributed by atoms with Gasteiger partial charge in [-0.2, -0.15) is 0 Å². The Hall–Kier alpha value is -1.77. The summed E-state index contributed by atoms with van der Waals surface area (Å²) in [6.45, 7) is 2.46. The van der Waals surface area contributed by atoms with Crippen molar-refractivity contribution >= 4 is 5.69 Å². The minimum absolute atomic E-state index is 0.240. The highest BCUT2D eigenvalue weighted by Crippen LogP contribution is 2.12. The normalized spacial score (nSPS) is 10.3. The van der Waals surface area contributed by atoms with Gasteiger partial charge in [0.15, 0.2) is 0 Å². The highest BCUT2D eigenvalue weighted by atomic mass is 19.1. The van der Waals surface area contributed by atoms with Crippen LogP contribution in [0.2, 0.25) is 0 Å². The Morgan fingerprint density at radius 3 is 2.80 bits per heavy atom. The monoisotopic (exact) mass is 205 g/mol. The molecule has 0 aliphatic rings. The van der Waals surface area contributed by atoms with E-state index in [1.54, 1.807) is 6.07 Å². The zero-order valence-corrected chi connectivity index (χ0v) is 8.46. The zero-order chi connectivity index (χ0) is 10.7. The second-order valence-corrected chi connectivity index (χ2v) is 3.38. The Morgan fingerprint density at radius 1 is 1.27 bits per heavy atom. The molecule has 0 aliphatic carbocycles. The van der Waals surface area contributed by atoms with E-state index in [1.165, 1.54) is 12.1 Å². The number of hydrogen-bond donors (Lipinski definition) is 1. The maximum atomic E-state index is 12.8. The first kappa shape index (κ1) is 9.77. The van der Waals surface area contributed by atoms with Crippen LogP contribution in [0.5, 0.6) is 0 Å². The van der Waals surface area contributed by atoms with Crippen LogP contribution < -0.4 is 5.32 Å². The molecule has 0 amide bonds. The molecule has 15 heavy (non-hydrogen) atoms. The summed E-state index contributed by atoms with van der Waals surface area (Å²) in [5.41, 5.74) is 0.754. The van der Waals surface area contributed by atoms with Gasteiger partial charge in [-0.1, -0.05) is 6.07 Å². The zero-order valence-electron chi connectivity index (χ0n) is 8.46. The Labute approximate surface area is 87.7 Å². The van der Waals surface area contributed by atoms with Crippen molar-refractivity contribution in [1.29, 1.82) is 0 Å². The number of anilines is 1. The lowest BCUT2D eigenvalue weighted by Gasteiger charge is -2.03. The standard InChI is InChI=1S/C12H12FNO/c1-9-5-6-12(15-9)8-14-11-4-2-3-10(13)7-11/h2-7,14H,8H2,1H3. The van der Waals surface area contributed by atoms with E-state index in [9.17, 15) is 4.39 Å². The average Bonchev–Trinajstić information content (AvgIpc) is 2.62. The van der Waals surface area contributed by atoms with Crippen molar-refractivity contribution in [3.8, 4) is 0 Å². The molecule has 0 unspecified atom stereocenters. The van der Waals surface area contributed by atoms with Gasteiger partial charge in [0.2, 0.25) is 0 Å². The molecule has 0 radical (unpaired) electrons. The first-order valence-electron chi connectivity index (χ1n) is 4.79. The van der Waals surface area contributed by atoms with Crippen LogP contribution in [0.25, 0.3) is 0 Å². The van der Waals surface area contributed by atoms with Gasteiger partial charge in [-0.15, -0.1) is 0 Å². The molecule has 1 aromatic carbocycles.